The molecular weight excluding hydrogens is 290 g/mol. The van der Waals surface area contributed by atoms with E-state index in [0.717, 1.165) is 16.7 Å². The van der Waals surface area contributed by atoms with E-state index in [1.54, 1.807) is 26.5 Å². The van der Waals surface area contributed by atoms with Crippen molar-refractivity contribution in [1.82, 2.24) is 4.98 Å². The van der Waals surface area contributed by atoms with Gasteiger partial charge in [-0.3, -0.25) is 4.79 Å². The Hall–Kier alpha value is -3.01. The minimum absolute atomic E-state index is 0.140. The molecule has 1 N–H and O–H groups in total. The molecule has 116 valence electrons. The molecule has 0 aliphatic carbocycles. The van der Waals surface area contributed by atoms with Crippen LogP contribution >= 0.6 is 0 Å². The number of rotatable bonds is 4. The van der Waals surface area contributed by atoms with Crippen molar-refractivity contribution < 1.29 is 9.47 Å². The van der Waals surface area contributed by atoms with Crippen molar-refractivity contribution in [2.24, 2.45) is 0 Å². The van der Waals surface area contributed by atoms with E-state index in [-0.39, 0.29) is 5.56 Å². The molecule has 0 amide bonds. The average molecular weight is 307 g/mol. The maximum Gasteiger partial charge on any atom is 0.256 e. The predicted octanol–water partition coefficient (Wildman–Crippen LogP) is 3.73. The number of hydrogen-bond donors (Lipinski definition) is 1. The van der Waals surface area contributed by atoms with E-state index >= 15 is 0 Å². The van der Waals surface area contributed by atoms with Crippen molar-refractivity contribution in [2.45, 2.75) is 0 Å². The monoisotopic (exact) mass is 307 g/mol. The van der Waals surface area contributed by atoms with Gasteiger partial charge >= 0.3 is 0 Å². The Bertz CT molecular complexity index is 869. The number of nitrogens with one attached hydrogen (secondary N) is 1. The molecule has 0 aliphatic rings. The maximum atomic E-state index is 12.4. The molecule has 23 heavy (non-hydrogen) atoms. The molecule has 1 heterocycles. The minimum Gasteiger partial charge on any atom is -0.493 e. The lowest BCUT2D eigenvalue weighted by molar-refractivity contribution is 0.355. The zero-order chi connectivity index (χ0) is 16.2. The smallest absolute Gasteiger partial charge is 0.256 e. The van der Waals surface area contributed by atoms with Gasteiger partial charge in [0.1, 0.15) is 0 Å². The Balaban J connectivity index is 2.23. The van der Waals surface area contributed by atoms with Gasteiger partial charge < -0.3 is 14.5 Å². The molecule has 0 aliphatic heterocycles. The van der Waals surface area contributed by atoms with Crippen molar-refractivity contribution in [3.05, 3.63) is 71.1 Å². The summed E-state index contributed by atoms with van der Waals surface area (Å²) in [6.45, 7) is 0. The molecule has 3 rings (SSSR count). The summed E-state index contributed by atoms with van der Waals surface area (Å²) in [6.07, 6.45) is 1.66. The lowest BCUT2D eigenvalue weighted by atomic mass is 9.96. The fourth-order valence-electron chi connectivity index (χ4n) is 2.62. The second-order valence-electron chi connectivity index (χ2n) is 5.03. The van der Waals surface area contributed by atoms with Crippen LogP contribution in [-0.2, 0) is 0 Å². The number of hydrogen-bond acceptors (Lipinski definition) is 3. The van der Waals surface area contributed by atoms with Gasteiger partial charge in [-0.1, -0.05) is 36.4 Å². The van der Waals surface area contributed by atoms with E-state index in [0.29, 0.717) is 17.1 Å². The van der Waals surface area contributed by atoms with E-state index in [9.17, 15) is 4.79 Å². The van der Waals surface area contributed by atoms with Gasteiger partial charge in [0.05, 0.1) is 19.8 Å². The Morgan fingerprint density at radius 2 is 1.57 bits per heavy atom. The van der Waals surface area contributed by atoms with Gasteiger partial charge in [0.15, 0.2) is 11.5 Å². The molecule has 0 saturated carbocycles. The summed E-state index contributed by atoms with van der Waals surface area (Å²) < 4.78 is 10.6. The third-order valence-corrected chi connectivity index (χ3v) is 3.72. The first-order valence-electron chi connectivity index (χ1n) is 7.24. The van der Waals surface area contributed by atoms with Crippen LogP contribution in [0.25, 0.3) is 22.3 Å². The molecule has 0 fully saturated rings. The van der Waals surface area contributed by atoms with Crippen LogP contribution in [0.4, 0.5) is 0 Å². The third kappa shape index (κ3) is 2.83. The van der Waals surface area contributed by atoms with Crippen molar-refractivity contribution in [3.8, 4) is 33.8 Å². The molecule has 3 aromatic rings. The van der Waals surface area contributed by atoms with Gasteiger partial charge in [0.2, 0.25) is 0 Å². The van der Waals surface area contributed by atoms with Gasteiger partial charge in [-0.15, -0.1) is 0 Å². The summed E-state index contributed by atoms with van der Waals surface area (Å²) in [4.78, 5) is 15.2. The Kier molecular flexibility index (Phi) is 4.15. The lowest BCUT2D eigenvalue weighted by Gasteiger charge is -2.12. The number of ether oxygens (including phenoxy) is 2. The van der Waals surface area contributed by atoms with Gasteiger partial charge in [-0.2, -0.15) is 0 Å². The molecule has 0 radical (unpaired) electrons. The highest BCUT2D eigenvalue weighted by Crippen LogP contribution is 2.34. The van der Waals surface area contributed by atoms with Crippen molar-refractivity contribution in [1.29, 1.82) is 0 Å². The van der Waals surface area contributed by atoms with E-state index in [2.05, 4.69) is 4.98 Å². The number of aromatic amines is 1. The van der Waals surface area contributed by atoms with Gasteiger partial charge in [-0.05, 0) is 34.9 Å². The SMILES string of the molecule is COc1ccc(-c2c(-c3ccccc3)cc[nH]c2=O)cc1OC. The summed E-state index contributed by atoms with van der Waals surface area (Å²) >= 11 is 0. The van der Waals surface area contributed by atoms with Crippen molar-refractivity contribution in [3.63, 3.8) is 0 Å². The summed E-state index contributed by atoms with van der Waals surface area (Å²) in [7, 11) is 3.16. The summed E-state index contributed by atoms with van der Waals surface area (Å²) in [5.74, 6) is 1.22. The Morgan fingerprint density at radius 1 is 0.826 bits per heavy atom. The van der Waals surface area contributed by atoms with E-state index in [1.165, 1.54) is 0 Å². The molecule has 0 spiro atoms. The van der Waals surface area contributed by atoms with Crippen LogP contribution < -0.4 is 15.0 Å². The average Bonchev–Trinajstić information content (AvgIpc) is 2.61. The summed E-state index contributed by atoms with van der Waals surface area (Å²) in [6, 6.07) is 17.2. The molecule has 4 nitrogen and oxygen atoms in total. The zero-order valence-corrected chi connectivity index (χ0v) is 13.0. The summed E-state index contributed by atoms with van der Waals surface area (Å²) in [5.41, 5.74) is 3.12. The number of aromatic nitrogens is 1. The third-order valence-electron chi connectivity index (χ3n) is 3.72. The summed E-state index contributed by atoms with van der Waals surface area (Å²) in [5, 5.41) is 0. The fraction of sp³-hybridized carbons (Fsp3) is 0.105. The predicted molar refractivity (Wildman–Crippen MR) is 91.0 cm³/mol. The molecule has 2 aromatic carbocycles. The first-order chi connectivity index (χ1) is 11.2. The first kappa shape index (κ1) is 14.9. The van der Waals surface area contributed by atoms with Crippen LogP contribution in [0.15, 0.2) is 65.6 Å². The lowest BCUT2D eigenvalue weighted by Crippen LogP contribution is -2.09. The molecule has 0 atom stereocenters. The first-order valence-corrected chi connectivity index (χ1v) is 7.24. The topological polar surface area (TPSA) is 51.3 Å². The van der Waals surface area contributed by atoms with Gasteiger partial charge in [0, 0.05) is 6.20 Å². The van der Waals surface area contributed by atoms with E-state index < -0.39 is 0 Å². The number of pyridine rings is 1. The van der Waals surface area contributed by atoms with E-state index in [4.69, 9.17) is 9.47 Å². The van der Waals surface area contributed by atoms with Gasteiger partial charge in [-0.25, -0.2) is 0 Å². The van der Waals surface area contributed by atoms with Crippen molar-refractivity contribution >= 4 is 0 Å². The normalized spacial score (nSPS) is 10.3. The van der Waals surface area contributed by atoms with Crippen LogP contribution in [0.3, 0.4) is 0 Å². The Morgan fingerprint density at radius 3 is 2.26 bits per heavy atom. The molecule has 0 unspecified atom stereocenters. The quantitative estimate of drug-likeness (QED) is 0.799. The zero-order valence-electron chi connectivity index (χ0n) is 13.0. The van der Waals surface area contributed by atoms with Crippen LogP contribution in [0, 0.1) is 0 Å². The second kappa shape index (κ2) is 6.40. The minimum atomic E-state index is -0.140. The molecular formula is C19H17NO3. The highest BCUT2D eigenvalue weighted by molar-refractivity contribution is 5.83. The number of methoxy groups -OCH3 is 2. The fourth-order valence-corrected chi connectivity index (χ4v) is 2.62. The van der Waals surface area contributed by atoms with Crippen molar-refractivity contribution in [2.75, 3.05) is 14.2 Å². The van der Waals surface area contributed by atoms with Crippen LogP contribution in [0.1, 0.15) is 0 Å². The van der Waals surface area contributed by atoms with Crippen LogP contribution in [-0.4, -0.2) is 19.2 Å². The highest BCUT2D eigenvalue weighted by atomic mass is 16.5. The van der Waals surface area contributed by atoms with Crippen LogP contribution in [0.5, 0.6) is 11.5 Å². The van der Waals surface area contributed by atoms with Crippen LogP contribution in [0.2, 0.25) is 0 Å². The molecule has 1 aromatic heterocycles. The standard InChI is InChI=1S/C19H17NO3/c1-22-16-9-8-14(12-17(16)23-2)18-15(10-11-20-19(18)21)13-6-4-3-5-7-13/h3-12H,1-2H3,(H,20,21). The Labute approximate surface area is 134 Å². The molecule has 0 bridgehead atoms. The van der Waals surface area contributed by atoms with E-state index in [1.807, 2.05) is 48.5 Å². The number of H-pyrrole nitrogens is 1. The largest absolute Gasteiger partial charge is 0.493 e. The number of benzene rings is 2. The molecule has 0 saturated heterocycles. The van der Waals surface area contributed by atoms with Gasteiger partial charge in [0.25, 0.3) is 5.56 Å². The molecule has 4 heteroatoms. The second-order valence-corrected chi connectivity index (χ2v) is 5.03. The maximum absolute atomic E-state index is 12.4. The highest BCUT2D eigenvalue weighted by Gasteiger charge is 2.14.